The molecule has 6 nitrogen and oxygen atoms in total. The number of nitrogens with two attached hydrogens (primary N) is 1. The number of sulfonamides is 1. The first kappa shape index (κ1) is 8.18. The van der Waals surface area contributed by atoms with Crippen molar-refractivity contribution in [1.29, 1.82) is 0 Å². The Kier molecular flexibility index (Phi) is 1.94. The standard InChI is InChI=1S/C4H8N4O2S/c1-3-6-2-4(7-3)11(9,10)8-5/h2,8H,5H2,1H3,(H,6,7). The Morgan fingerprint density at radius 3 is 2.73 bits per heavy atom. The molecule has 4 N–H and O–H groups in total. The highest BCUT2D eigenvalue weighted by Crippen LogP contribution is 2.02. The van der Waals surface area contributed by atoms with Crippen molar-refractivity contribution in [3.8, 4) is 0 Å². The van der Waals surface area contributed by atoms with Crippen molar-refractivity contribution in [2.75, 3.05) is 0 Å². The van der Waals surface area contributed by atoms with Gasteiger partial charge in [0.2, 0.25) is 0 Å². The van der Waals surface area contributed by atoms with Gasteiger partial charge in [0.15, 0.2) is 5.03 Å². The number of imidazole rings is 1. The van der Waals surface area contributed by atoms with Crippen LogP contribution in [0.15, 0.2) is 11.2 Å². The summed E-state index contributed by atoms with van der Waals surface area (Å²) in [6.45, 7) is 1.65. The molecule has 0 amide bonds. The monoisotopic (exact) mass is 176 g/mol. The van der Waals surface area contributed by atoms with Crippen LogP contribution in [-0.4, -0.2) is 18.4 Å². The average Bonchev–Trinajstić information content (AvgIpc) is 2.36. The second-order valence-corrected chi connectivity index (χ2v) is 3.64. The minimum Gasteiger partial charge on any atom is -0.332 e. The lowest BCUT2D eigenvalue weighted by atomic mass is 10.8. The zero-order valence-corrected chi connectivity index (χ0v) is 6.64. The van der Waals surface area contributed by atoms with Crippen molar-refractivity contribution >= 4 is 10.0 Å². The predicted molar refractivity (Wildman–Crippen MR) is 37.8 cm³/mol. The summed E-state index contributed by atoms with van der Waals surface area (Å²) in [6, 6.07) is 0. The van der Waals surface area contributed by atoms with Crippen molar-refractivity contribution in [2.24, 2.45) is 5.84 Å². The molecule has 0 radical (unpaired) electrons. The van der Waals surface area contributed by atoms with E-state index in [0.717, 1.165) is 0 Å². The van der Waals surface area contributed by atoms with E-state index in [-0.39, 0.29) is 5.03 Å². The van der Waals surface area contributed by atoms with E-state index < -0.39 is 10.0 Å². The van der Waals surface area contributed by atoms with Crippen LogP contribution in [0.2, 0.25) is 0 Å². The van der Waals surface area contributed by atoms with E-state index in [4.69, 9.17) is 5.84 Å². The van der Waals surface area contributed by atoms with Gasteiger partial charge in [-0.05, 0) is 6.92 Å². The molecule has 62 valence electrons. The largest absolute Gasteiger partial charge is 0.332 e. The van der Waals surface area contributed by atoms with Gasteiger partial charge in [-0.15, -0.1) is 4.83 Å². The highest BCUT2D eigenvalue weighted by atomic mass is 32.2. The average molecular weight is 176 g/mol. The molecule has 0 bridgehead atoms. The second kappa shape index (κ2) is 2.61. The Labute approximate surface area is 63.8 Å². The van der Waals surface area contributed by atoms with Crippen LogP contribution in [0, 0.1) is 6.92 Å². The summed E-state index contributed by atoms with van der Waals surface area (Å²) in [7, 11) is -3.57. The number of aromatic nitrogens is 2. The Hall–Kier alpha value is -0.920. The number of aryl methyl sites for hydroxylation is 1. The van der Waals surface area contributed by atoms with Gasteiger partial charge in [0.1, 0.15) is 5.82 Å². The van der Waals surface area contributed by atoms with E-state index in [9.17, 15) is 8.42 Å². The van der Waals surface area contributed by atoms with E-state index in [1.165, 1.54) is 6.20 Å². The molecule has 0 atom stereocenters. The van der Waals surface area contributed by atoms with Crippen LogP contribution in [-0.2, 0) is 10.0 Å². The summed E-state index contributed by atoms with van der Waals surface area (Å²) in [5, 5.41) is -0.0301. The molecule has 11 heavy (non-hydrogen) atoms. The molecule has 0 aliphatic rings. The molecule has 0 saturated carbocycles. The van der Waals surface area contributed by atoms with Crippen molar-refractivity contribution in [3.63, 3.8) is 0 Å². The topological polar surface area (TPSA) is 101 Å². The minimum absolute atomic E-state index is 0.0301. The number of rotatable bonds is 2. The third kappa shape index (κ3) is 1.56. The van der Waals surface area contributed by atoms with Gasteiger partial charge < -0.3 is 4.98 Å². The van der Waals surface area contributed by atoms with Crippen LogP contribution in [0.25, 0.3) is 0 Å². The quantitative estimate of drug-likeness (QED) is 0.392. The van der Waals surface area contributed by atoms with Gasteiger partial charge in [0.25, 0.3) is 10.0 Å². The number of hydrogen-bond acceptors (Lipinski definition) is 4. The number of nitrogens with zero attached hydrogens (tertiary/aromatic N) is 1. The number of H-pyrrole nitrogens is 1. The van der Waals surface area contributed by atoms with Crippen LogP contribution >= 0.6 is 0 Å². The first-order chi connectivity index (χ1) is 5.06. The highest BCUT2D eigenvalue weighted by Gasteiger charge is 2.13. The van der Waals surface area contributed by atoms with Crippen molar-refractivity contribution < 1.29 is 8.42 Å². The Bertz CT molecular complexity index is 341. The molecule has 0 unspecified atom stereocenters. The van der Waals surface area contributed by atoms with Gasteiger partial charge in [-0.1, -0.05) is 0 Å². The first-order valence-corrected chi connectivity index (χ1v) is 4.28. The molecule has 1 aromatic heterocycles. The molecular weight excluding hydrogens is 168 g/mol. The van der Waals surface area contributed by atoms with Gasteiger partial charge in [-0.2, -0.15) is 0 Å². The first-order valence-electron chi connectivity index (χ1n) is 2.80. The van der Waals surface area contributed by atoms with Gasteiger partial charge in [-0.3, -0.25) is 5.84 Å². The number of hydrazine groups is 1. The fourth-order valence-corrected chi connectivity index (χ4v) is 1.20. The second-order valence-electron chi connectivity index (χ2n) is 1.95. The maximum absolute atomic E-state index is 10.9. The summed E-state index contributed by atoms with van der Waals surface area (Å²) < 4.78 is 21.8. The smallest absolute Gasteiger partial charge is 0.270 e. The molecule has 1 heterocycles. The van der Waals surface area contributed by atoms with Crippen molar-refractivity contribution in [3.05, 3.63) is 12.0 Å². The molecule has 0 saturated heterocycles. The third-order valence-corrected chi connectivity index (χ3v) is 2.22. The highest BCUT2D eigenvalue weighted by molar-refractivity contribution is 7.89. The van der Waals surface area contributed by atoms with Crippen molar-refractivity contribution in [1.82, 2.24) is 14.8 Å². The lowest BCUT2D eigenvalue weighted by Gasteiger charge is -1.95. The third-order valence-electron chi connectivity index (χ3n) is 1.12. The van der Waals surface area contributed by atoms with E-state index >= 15 is 0 Å². The number of nitrogens with one attached hydrogen (secondary N) is 2. The van der Waals surface area contributed by atoms with Gasteiger partial charge in [0.05, 0.1) is 6.20 Å². The summed E-state index contributed by atoms with van der Waals surface area (Å²) in [4.78, 5) is 7.90. The summed E-state index contributed by atoms with van der Waals surface area (Å²) >= 11 is 0. The molecular formula is C4H8N4O2S. The zero-order chi connectivity index (χ0) is 8.48. The molecule has 0 fully saturated rings. The zero-order valence-electron chi connectivity index (χ0n) is 5.83. The normalized spacial score (nSPS) is 11.8. The van der Waals surface area contributed by atoms with Crippen LogP contribution in [0.4, 0.5) is 0 Å². The Morgan fingerprint density at radius 1 is 1.73 bits per heavy atom. The SMILES string of the molecule is Cc1ncc(S(=O)(=O)NN)[nH]1. The van der Waals surface area contributed by atoms with E-state index in [1.807, 2.05) is 0 Å². The number of hydrogen-bond donors (Lipinski definition) is 3. The summed E-state index contributed by atoms with van der Waals surface area (Å²) in [6.07, 6.45) is 1.20. The van der Waals surface area contributed by atoms with Crippen molar-refractivity contribution in [2.45, 2.75) is 11.9 Å². The molecule has 7 heteroatoms. The summed E-state index contributed by atoms with van der Waals surface area (Å²) in [5.41, 5.74) is 0. The van der Waals surface area contributed by atoms with Gasteiger partial charge in [0, 0.05) is 0 Å². The molecule has 0 aromatic carbocycles. The fourth-order valence-electron chi connectivity index (χ4n) is 0.598. The van der Waals surface area contributed by atoms with Crippen LogP contribution in [0.1, 0.15) is 5.82 Å². The van der Waals surface area contributed by atoms with E-state index in [0.29, 0.717) is 5.82 Å². The molecule has 0 spiro atoms. The van der Waals surface area contributed by atoms with E-state index in [2.05, 4.69) is 9.97 Å². The van der Waals surface area contributed by atoms with Gasteiger partial charge in [-0.25, -0.2) is 13.4 Å². The molecule has 0 aliphatic heterocycles. The summed E-state index contributed by atoms with van der Waals surface area (Å²) in [5.74, 6) is 5.29. The van der Waals surface area contributed by atoms with Crippen LogP contribution in [0.3, 0.4) is 0 Å². The fraction of sp³-hybridized carbons (Fsp3) is 0.250. The van der Waals surface area contributed by atoms with Crippen LogP contribution in [0.5, 0.6) is 0 Å². The molecule has 0 aliphatic carbocycles. The molecule has 1 aromatic rings. The lowest BCUT2D eigenvalue weighted by molar-refractivity contribution is 0.580. The van der Waals surface area contributed by atoms with Crippen LogP contribution < -0.4 is 10.7 Å². The maximum Gasteiger partial charge on any atom is 0.270 e. The van der Waals surface area contributed by atoms with E-state index in [1.54, 1.807) is 11.8 Å². The van der Waals surface area contributed by atoms with Gasteiger partial charge >= 0.3 is 0 Å². The Morgan fingerprint density at radius 2 is 2.36 bits per heavy atom. The Balaban J connectivity index is 3.13. The predicted octanol–water partition coefficient (Wildman–Crippen LogP) is -1.13. The lowest BCUT2D eigenvalue weighted by Crippen LogP contribution is -2.30. The number of aromatic amines is 1. The minimum atomic E-state index is -3.57. The maximum atomic E-state index is 10.9. The molecule has 1 rings (SSSR count).